The predicted molar refractivity (Wildman–Crippen MR) is 49.6 cm³/mol. The van der Waals surface area contributed by atoms with Crippen molar-refractivity contribution in [2.24, 2.45) is 17.8 Å². The Morgan fingerprint density at radius 1 is 1.33 bits per heavy atom. The van der Waals surface area contributed by atoms with Gasteiger partial charge in [-0.25, -0.2) is 0 Å². The van der Waals surface area contributed by atoms with E-state index in [0.717, 1.165) is 12.2 Å². The van der Waals surface area contributed by atoms with Gasteiger partial charge in [0.25, 0.3) is 0 Å². The molecule has 0 N–H and O–H groups in total. The molecule has 2 fully saturated rings. The molecule has 0 radical (unpaired) electrons. The first-order valence-corrected chi connectivity index (χ1v) is 4.64. The summed E-state index contributed by atoms with van der Waals surface area (Å²) in [6.45, 7) is 12.5. The maximum Gasteiger partial charge on any atom is 0.108 e. The molecular formula is C11H16O. The maximum absolute atomic E-state index is 5.72. The molecular weight excluding hydrogens is 148 g/mol. The standard InChI is InChI=1S/C11H16O/c1-6-5-10-8(3)11(7(6)2)12-9(10)4/h7-8,10-11H,1,4-5H2,2-3H3. The zero-order chi connectivity index (χ0) is 8.88. The molecule has 4 atom stereocenters. The second-order valence-corrected chi connectivity index (χ2v) is 4.17. The first-order chi connectivity index (χ1) is 5.61. The van der Waals surface area contributed by atoms with Gasteiger partial charge in [-0.05, 0) is 6.42 Å². The Balaban J connectivity index is 2.31. The minimum Gasteiger partial charge on any atom is -0.494 e. The number of fused-ring (bicyclic) bond motifs is 2. The molecule has 0 spiro atoms. The van der Waals surface area contributed by atoms with Crippen molar-refractivity contribution in [1.82, 2.24) is 0 Å². The van der Waals surface area contributed by atoms with E-state index in [4.69, 9.17) is 4.74 Å². The molecule has 1 heteroatoms. The molecule has 1 nitrogen and oxygen atoms in total. The summed E-state index contributed by atoms with van der Waals surface area (Å²) < 4.78 is 5.72. The van der Waals surface area contributed by atoms with Gasteiger partial charge in [-0.2, -0.15) is 0 Å². The highest BCUT2D eigenvalue weighted by Crippen LogP contribution is 2.48. The molecule has 0 aromatic rings. The molecule has 1 saturated carbocycles. The normalized spacial score (nSPS) is 46.2. The smallest absolute Gasteiger partial charge is 0.108 e. The summed E-state index contributed by atoms with van der Waals surface area (Å²) in [5.74, 6) is 2.67. The summed E-state index contributed by atoms with van der Waals surface area (Å²) in [6, 6.07) is 0. The van der Waals surface area contributed by atoms with Gasteiger partial charge in [0.2, 0.25) is 0 Å². The van der Waals surface area contributed by atoms with Gasteiger partial charge in [-0.1, -0.05) is 32.6 Å². The fourth-order valence-corrected chi connectivity index (χ4v) is 2.45. The average molecular weight is 164 g/mol. The molecule has 4 unspecified atom stereocenters. The van der Waals surface area contributed by atoms with Gasteiger partial charge in [0, 0.05) is 17.8 Å². The van der Waals surface area contributed by atoms with Gasteiger partial charge < -0.3 is 4.74 Å². The third-order valence-electron chi connectivity index (χ3n) is 3.47. The Bertz CT molecular complexity index is 239. The molecule has 66 valence electrons. The summed E-state index contributed by atoms with van der Waals surface area (Å²) in [5, 5.41) is 0. The van der Waals surface area contributed by atoms with E-state index in [1.807, 2.05) is 0 Å². The van der Waals surface area contributed by atoms with Crippen molar-refractivity contribution in [2.45, 2.75) is 26.4 Å². The fraction of sp³-hybridized carbons (Fsp3) is 0.636. The van der Waals surface area contributed by atoms with Crippen LogP contribution in [0.5, 0.6) is 0 Å². The van der Waals surface area contributed by atoms with Crippen LogP contribution in [0, 0.1) is 17.8 Å². The van der Waals surface area contributed by atoms with Crippen molar-refractivity contribution in [2.75, 3.05) is 0 Å². The minimum atomic E-state index is 0.351. The lowest BCUT2D eigenvalue weighted by Crippen LogP contribution is -2.31. The van der Waals surface area contributed by atoms with E-state index in [1.165, 1.54) is 5.57 Å². The highest BCUT2D eigenvalue weighted by Gasteiger charge is 2.45. The number of hydrogen-bond acceptors (Lipinski definition) is 1. The van der Waals surface area contributed by atoms with E-state index in [1.54, 1.807) is 0 Å². The van der Waals surface area contributed by atoms with Gasteiger partial charge >= 0.3 is 0 Å². The first-order valence-electron chi connectivity index (χ1n) is 4.64. The average Bonchev–Trinajstić information content (AvgIpc) is 2.23. The summed E-state index contributed by atoms with van der Waals surface area (Å²) in [5.41, 5.74) is 1.33. The Labute approximate surface area is 74.1 Å². The van der Waals surface area contributed by atoms with E-state index in [2.05, 4.69) is 27.0 Å². The number of rotatable bonds is 0. The van der Waals surface area contributed by atoms with Crippen LogP contribution in [-0.2, 0) is 4.74 Å². The molecule has 1 aliphatic heterocycles. The van der Waals surface area contributed by atoms with Crippen LogP contribution in [0.4, 0.5) is 0 Å². The molecule has 1 aliphatic carbocycles. The van der Waals surface area contributed by atoms with Crippen molar-refractivity contribution in [3.8, 4) is 0 Å². The zero-order valence-electron chi connectivity index (χ0n) is 7.84. The number of ether oxygens (including phenoxy) is 1. The second kappa shape index (κ2) is 2.38. The van der Waals surface area contributed by atoms with Crippen LogP contribution in [0.2, 0.25) is 0 Å². The number of allylic oxidation sites excluding steroid dienone is 1. The van der Waals surface area contributed by atoms with Crippen LogP contribution in [-0.4, -0.2) is 6.10 Å². The van der Waals surface area contributed by atoms with Gasteiger partial charge in [0.1, 0.15) is 6.10 Å². The van der Waals surface area contributed by atoms with Crippen LogP contribution in [0.15, 0.2) is 24.5 Å². The van der Waals surface area contributed by atoms with Crippen molar-refractivity contribution in [3.05, 3.63) is 24.5 Å². The molecule has 1 saturated heterocycles. The minimum absolute atomic E-state index is 0.351. The topological polar surface area (TPSA) is 9.23 Å². The zero-order valence-corrected chi connectivity index (χ0v) is 7.84. The van der Waals surface area contributed by atoms with Crippen molar-refractivity contribution in [3.63, 3.8) is 0 Å². The Kier molecular flexibility index (Phi) is 1.57. The maximum atomic E-state index is 5.72. The lowest BCUT2D eigenvalue weighted by molar-refractivity contribution is 0.0930. The van der Waals surface area contributed by atoms with Crippen molar-refractivity contribution in [1.29, 1.82) is 0 Å². The summed E-state index contributed by atoms with van der Waals surface area (Å²) in [7, 11) is 0. The van der Waals surface area contributed by atoms with Crippen LogP contribution >= 0.6 is 0 Å². The molecule has 0 aromatic carbocycles. The molecule has 12 heavy (non-hydrogen) atoms. The van der Waals surface area contributed by atoms with Gasteiger partial charge in [0.05, 0.1) is 5.76 Å². The molecule has 2 aliphatic rings. The van der Waals surface area contributed by atoms with Crippen LogP contribution in [0.1, 0.15) is 20.3 Å². The highest BCUT2D eigenvalue weighted by molar-refractivity contribution is 5.19. The molecule has 1 heterocycles. The SMILES string of the molecule is C=C1CC2C(=C)OC(C1C)C2C. The predicted octanol–water partition coefficient (Wildman–Crippen LogP) is 2.75. The largest absolute Gasteiger partial charge is 0.494 e. The van der Waals surface area contributed by atoms with Crippen LogP contribution in [0.3, 0.4) is 0 Å². The molecule has 2 bridgehead atoms. The summed E-state index contributed by atoms with van der Waals surface area (Å²) in [4.78, 5) is 0. The van der Waals surface area contributed by atoms with E-state index in [0.29, 0.717) is 23.9 Å². The third-order valence-corrected chi connectivity index (χ3v) is 3.47. The summed E-state index contributed by atoms with van der Waals surface area (Å²) in [6.07, 6.45) is 1.43. The Morgan fingerprint density at radius 2 is 2.00 bits per heavy atom. The Hall–Kier alpha value is -0.720. The number of hydrogen-bond donors (Lipinski definition) is 0. The fourth-order valence-electron chi connectivity index (χ4n) is 2.45. The quantitative estimate of drug-likeness (QED) is 0.500. The van der Waals surface area contributed by atoms with E-state index >= 15 is 0 Å². The van der Waals surface area contributed by atoms with Gasteiger partial charge in [-0.3, -0.25) is 0 Å². The van der Waals surface area contributed by atoms with Crippen LogP contribution in [0.25, 0.3) is 0 Å². The monoisotopic (exact) mass is 164 g/mol. The molecule has 2 rings (SSSR count). The van der Waals surface area contributed by atoms with E-state index in [9.17, 15) is 0 Å². The first kappa shape index (κ1) is 7.90. The molecule has 0 aromatic heterocycles. The van der Waals surface area contributed by atoms with E-state index < -0.39 is 0 Å². The van der Waals surface area contributed by atoms with Crippen LogP contribution < -0.4 is 0 Å². The lowest BCUT2D eigenvalue weighted by Gasteiger charge is -2.30. The van der Waals surface area contributed by atoms with Gasteiger partial charge in [0.15, 0.2) is 0 Å². The Morgan fingerprint density at radius 3 is 2.67 bits per heavy atom. The molecule has 0 amide bonds. The second-order valence-electron chi connectivity index (χ2n) is 4.17. The van der Waals surface area contributed by atoms with E-state index in [-0.39, 0.29) is 0 Å². The summed E-state index contributed by atoms with van der Waals surface area (Å²) >= 11 is 0. The lowest BCUT2D eigenvalue weighted by atomic mass is 9.73. The van der Waals surface area contributed by atoms with Crippen molar-refractivity contribution >= 4 is 0 Å². The van der Waals surface area contributed by atoms with Gasteiger partial charge in [-0.15, -0.1) is 0 Å². The third kappa shape index (κ3) is 0.855. The highest BCUT2D eigenvalue weighted by atomic mass is 16.5. The van der Waals surface area contributed by atoms with Crippen molar-refractivity contribution < 1.29 is 4.74 Å².